The summed E-state index contributed by atoms with van der Waals surface area (Å²) in [5, 5.41) is -0.293. The van der Waals surface area contributed by atoms with Crippen LogP contribution in [0.1, 0.15) is 18.4 Å². The topological polar surface area (TPSA) is 60.2 Å². The fraction of sp³-hybridized carbons (Fsp3) is 0.500. The first-order chi connectivity index (χ1) is 7.58. The van der Waals surface area contributed by atoms with Crippen molar-refractivity contribution in [3.8, 4) is 0 Å². The Morgan fingerprint density at radius 1 is 1.25 bits per heavy atom. The van der Waals surface area contributed by atoms with Crippen molar-refractivity contribution < 1.29 is 8.42 Å². The number of sulfone groups is 1. The fourth-order valence-electron chi connectivity index (χ4n) is 2.17. The van der Waals surface area contributed by atoms with Gasteiger partial charge in [0.15, 0.2) is 9.84 Å². The van der Waals surface area contributed by atoms with Gasteiger partial charge in [0.05, 0.1) is 11.0 Å². The Labute approximate surface area is 96.6 Å². The van der Waals surface area contributed by atoms with E-state index in [0.717, 1.165) is 5.56 Å². The van der Waals surface area contributed by atoms with Crippen LogP contribution in [0.4, 0.5) is 0 Å². The molecule has 4 heteroatoms. The van der Waals surface area contributed by atoms with Gasteiger partial charge in [0.1, 0.15) is 0 Å². The maximum absolute atomic E-state index is 11.9. The number of rotatable bonds is 2. The highest BCUT2D eigenvalue weighted by Gasteiger charge is 2.32. The highest BCUT2D eigenvalue weighted by Crippen LogP contribution is 2.22. The summed E-state index contributed by atoms with van der Waals surface area (Å²) in [6, 6.07) is 9.78. The van der Waals surface area contributed by atoms with Gasteiger partial charge >= 0.3 is 0 Å². The second-order valence-corrected chi connectivity index (χ2v) is 6.86. The third-order valence-electron chi connectivity index (χ3n) is 3.15. The van der Waals surface area contributed by atoms with E-state index in [0.29, 0.717) is 19.3 Å². The molecule has 2 N–H and O–H groups in total. The number of hydrogen-bond acceptors (Lipinski definition) is 3. The molecular formula is C12H17NO2S. The Bertz CT molecular complexity index is 441. The van der Waals surface area contributed by atoms with Gasteiger partial charge in [-0.25, -0.2) is 8.42 Å². The predicted molar refractivity (Wildman–Crippen MR) is 64.9 cm³/mol. The normalized spacial score (nSPS) is 28.8. The Kier molecular flexibility index (Phi) is 3.30. The van der Waals surface area contributed by atoms with E-state index in [2.05, 4.69) is 0 Å². The molecule has 1 fully saturated rings. The van der Waals surface area contributed by atoms with Crippen molar-refractivity contribution in [1.29, 1.82) is 0 Å². The maximum atomic E-state index is 11.9. The van der Waals surface area contributed by atoms with Gasteiger partial charge in [-0.3, -0.25) is 0 Å². The molecule has 16 heavy (non-hydrogen) atoms. The van der Waals surface area contributed by atoms with Crippen molar-refractivity contribution in [3.05, 3.63) is 35.9 Å². The van der Waals surface area contributed by atoms with Crippen molar-refractivity contribution in [2.24, 2.45) is 5.73 Å². The second kappa shape index (κ2) is 4.55. The molecule has 2 unspecified atom stereocenters. The zero-order valence-corrected chi connectivity index (χ0v) is 9.99. The monoisotopic (exact) mass is 239 g/mol. The molecule has 1 aromatic carbocycles. The smallest absolute Gasteiger partial charge is 0.153 e. The van der Waals surface area contributed by atoms with Crippen LogP contribution in [-0.2, 0) is 16.3 Å². The highest BCUT2D eigenvalue weighted by atomic mass is 32.2. The number of hydrogen-bond donors (Lipinski definition) is 1. The molecule has 0 radical (unpaired) electrons. The molecular weight excluding hydrogens is 222 g/mol. The van der Waals surface area contributed by atoms with E-state index >= 15 is 0 Å². The summed E-state index contributed by atoms with van der Waals surface area (Å²) in [5.41, 5.74) is 6.91. The molecule has 0 amide bonds. The molecule has 1 aromatic rings. The minimum absolute atomic E-state index is 0.0391. The Morgan fingerprint density at radius 3 is 2.62 bits per heavy atom. The van der Waals surface area contributed by atoms with Crippen LogP contribution >= 0.6 is 0 Å². The highest BCUT2D eigenvalue weighted by molar-refractivity contribution is 7.92. The van der Waals surface area contributed by atoms with Gasteiger partial charge in [0, 0.05) is 6.04 Å². The van der Waals surface area contributed by atoms with Crippen molar-refractivity contribution in [2.45, 2.75) is 30.6 Å². The van der Waals surface area contributed by atoms with Crippen LogP contribution < -0.4 is 5.73 Å². The first kappa shape index (κ1) is 11.6. The van der Waals surface area contributed by atoms with Gasteiger partial charge in [-0.05, 0) is 24.8 Å². The van der Waals surface area contributed by atoms with Crippen molar-refractivity contribution in [3.63, 3.8) is 0 Å². The summed E-state index contributed by atoms with van der Waals surface area (Å²) < 4.78 is 23.8. The van der Waals surface area contributed by atoms with Crippen LogP contribution in [-0.4, -0.2) is 25.5 Å². The number of benzene rings is 1. The van der Waals surface area contributed by atoms with Crippen LogP contribution in [0.2, 0.25) is 0 Å². The minimum atomic E-state index is -2.93. The zero-order valence-electron chi connectivity index (χ0n) is 9.17. The lowest BCUT2D eigenvalue weighted by atomic mass is 10.0. The predicted octanol–water partition coefficient (Wildman–Crippen LogP) is 1.13. The van der Waals surface area contributed by atoms with Gasteiger partial charge in [0.25, 0.3) is 0 Å². The lowest BCUT2D eigenvalue weighted by molar-refractivity contribution is 0.500. The molecule has 1 saturated heterocycles. The second-order valence-electron chi connectivity index (χ2n) is 4.46. The molecule has 1 aliphatic rings. The minimum Gasteiger partial charge on any atom is -0.328 e. The average Bonchev–Trinajstić information content (AvgIpc) is 2.26. The van der Waals surface area contributed by atoms with Gasteiger partial charge in [-0.2, -0.15) is 0 Å². The maximum Gasteiger partial charge on any atom is 0.153 e. The molecule has 1 heterocycles. The summed E-state index contributed by atoms with van der Waals surface area (Å²) in [6.45, 7) is 0. The summed E-state index contributed by atoms with van der Waals surface area (Å²) in [4.78, 5) is 0. The molecule has 0 aromatic heterocycles. The van der Waals surface area contributed by atoms with E-state index in [4.69, 9.17) is 5.73 Å². The fourth-order valence-corrected chi connectivity index (χ4v) is 4.12. The third-order valence-corrected chi connectivity index (χ3v) is 5.33. The number of nitrogens with two attached hydrogens (primary N) is 1. The summed E-state index contributed by atoms with van der Waals surface area (Å²) in [7, 11) is -2.93. The van der Waals surface area contributed by atoms with Crippen LogP contribution in [0.5, 0.6) is 0 Å². The lowest BCUT2D eigenvalue weighted by Gasteiger charge is -2.26. The van der Waals surface area contributed by atoms with Crippen LogP contribution in [0.25, 0.3) is 0 Å². The van der Waals surface area contributed by atoms with E-state index < -0.39 is 9.84 Å². The van der Waals surface area contributed by atoms with E-state index in [1.165, 1.54) is 0 Å². The van der Waals surface area contributed by atoms with Gasteiger partial charge < -0.3 is 5.73 Å². The Hall–Kier alpha value is -0.870. The molecule has 0 spiro atoms. The third kappa shape index (κ3) is 2.62. The van der Waals surface area contributed by atoms with Crippen LogP contribution in [0, 0.1) is 0 Å². The first-order valence-corrected chi connectivity index (χ1v) is 7.30. The zero-order chi connectivity index (χ0) is 11.6. The molecule has 0 aliphatic carbocycles. The van der Waals surface area contributed by atoms with Gasteiger partial charge in [-0.1, -0.05) is 30.3 Å². The van der Waals surface area contributed by atoms with Crippen molar-refractivity contribution in [1.82, 2.24) is 0 Å². The van der Waals surface area contributed by atoms with E-state index in [-0.39, 0.29) is 17.0 Å². The quantitative estimate of drug-likeness (QED) is 0.841. The van der Waals surface area contributed by atoms with Crippen LogP contribution in [0.15, 0.2) is 30.3 Å². The Balaban J connectivity index is 2.14. The summed E-state index contributed by atoms with van der Waals surface area (Å²) >= 11 is 0. The molecule has 2 atom stereocenters. The Morgan fingerprint density at radius 2 is 1.94 bits per heavy atom. The van der Waals surface area contributed by atoms with Crippen molar-refractivity contribution >= 4 is 9.84 Å². The van der Waals surface area contributed by atoms with Crippen molar-refractivity contribution in [2.75, 3.05) is 5.75 Å². The SMILES string of the molecule is NC1CCS(=O)(=O)C(Cc2ccccc2)C1. The molecule has 3 nitrogen and oxygen atoms in total. The van der Waals surface area contributed by atoms with E-state index in [1.807, 2.05) is 30.3 Å². The lowest BCUT2D eigenvalue weighted by Crippen LogP contribution is -2.40. The average molecular weight is 239 g/mol. The molecule has 1 aliphatic heterocycles. The van der Waals surface area contributed by atoms with Gasteiger partial charge in [0.2, 0.25) is 0 Å². The first-order valence-electron chi connectivity index (χ1n) is 5.59. The molecule has 2 rings (SSSR count). The van der Waals surface area contributed by atoms with Crippen LogP contribution in [0.3, 0.4) is 0 Å². The largest absolute Gasteiger partial charge is 0.328 e. The standard InChI is InChI=1S/C12H17NO2S/c13-11-6-7-16(14,15)12(9-11)8-10-4-2-1-3-5-10/h1-5,11-12H,6-9,13H2. The molecule has 88 valence electrons. The summed E-state index contributed by atoms with van der Waals surface area (Å²) in [6.07, 6.45) is 1.79. The van der Waals surface area contributed by atoms with Gasteiger partial charge in [-0.15, -0.1) is 0 Å². The molecule has 0 bridgehead atoms. The molecule has 0 saturated carbocycles. The summed E-state index contributed by atoms with van der Waals surface area (Å²) in [5.74, 6) is 0.242. The van der Waals surface area contributed by atoms with E-state index in [1.54, 1.807) is 0 Å². The van der Waals surface area contributed by atoms with E-state index in [9.17, 15) is 8.42 Å².